The fourth-order valence-corrected chi connectivity index (χ4v) is 4.48. The molecule has 0 aliphatic heterocycles. The zero-order valence-electron chi connectivity index (χ0n) is 22.7. The van der Waals surface area contributed by atoms with E-state index in [-0.39, 0.29) is 29.4 Å². The number of carbonyl (C=O) groups is 2. The van der Waals surface area contributed by atoms with Crippen molar-refractivity contribution in [2.75, 3.05) is 18.4 Å². The predicted molar refractivity (Wildman–Crippen MR) is 155 cm³/mol. The summed E-state index contributed by atoms with van der Waals surface area (Å²) in [4.78, 5) is 23.6. The van der Waals surface area contributed by atoms with E-state index in [1.54, 1.807) is 6.07 Å². The summed E-state index contributed by atoms with van der Waals surface area (Å²) in [6.45, 7) is 5.03. The Labute approximate surface area is 230 Å². The van der Waals surface area contributed by atoms with E-state index >= 15 is 0 Å². The summed E-state index contributed by atoms with van der Waals surface area (Å²) in [6.07, 6.45) is 3.16. The number of benzene rings is 3. The van der Waals surface area contributed by atoms with Crippen LogP contribution in [0.2, 0.25) is 0 Å². The number of nitrogens with one attached hydrogen (secondary N) is 3. The number of carbonyl (C=O) groups excluding carboxylic acids is 2. The summed E-state index contributed by atoms with van der Waals surface area (Å²) >= 11 is 0. The molecule has 208 valence electrons. The third-order valence-electron chi connectivity index (χ3n) is 6.50. The van der Waals surface area contributed by atoms with Gasteiger partial charge >= 0.3 is 6.03 Å². The zero-order valence-corrected chi connectivity index (χ0v) is 22.7. The summed E-state index contributed by atoms with van der Waals surface area (Å²) in [5.41, 5.74) is 8.85. The number of aromatic hydroxyl groups is 1. The molecule has 0 heterocycles. The standard InChI is InChI=1S/C31H40N4O4/c1-31(2,34-21-28(37)25-14-15-27(36)26(19-25)35-30(32)39)20-24-13-8-12-23(17-24)18-29(38)33-16-7-6-11-22-9-4-3-5-10-22/h3-5,8-10,12-15,17,19,28,34,36-37H,6-7,11,16,18,20-21H2,1-2H3,(H,33,38)(H3,32,35,39)/t28-/m0/s1. The van der Waals surface area contributed by atoms with Crippen molar-refractivity contribution in [1.29, 1.82) is 0 Å². The van der Waals surface area contributed by atoms with E-state index in [2.05, 4.69) is 34.1 Å². The van der Waals surface area contributed by atoms with Crippen molar-refractivity contribution < 1.29 is 19.8 Å². The van der Waals surface area contributed by atoms with Crippen molar-refractivity contribution in [2.24, 2.45) is 5.73 Å². The lowest BCUT2D eigenvalue weighted by molar-refractivity contribution is -0.120. The Kier molecular flexibility index (Phi) is 10.9. The molecular weight excluding hydrogens is 492 g/mol. The Morgan fingerprint density at radius 1 is 0.923 bits per heavy atom. The van der Waals surface area contributed by atoms with Gasteiger partial charge in [-0.3, -0.25) is 4.79 Å². The van der Waals surface area contributed by atoms with Crippen LogP contribution < -0.4 is 21.7 Å². The summed E-state index contributed by atoms with van der Waals surface area (Å²) in [5, 5.41) is 29.3. The van der Waals surface area contributed by atoms with Crippen LogP contribution in [0.1, 0.15) is 55.0 Å². The highest BCUT2D eigenvalue weighted by Gasteiger charge is 2.21. The quantitative estimate of drug-likeness (QED) is 0.137. The maximum absolute atomic E-state index is 12.5. The lowest BCUT2D eigenvalue weighted by Gasteiger charge is -2.28. The molecule has 3 amide bonds. The first-order valence-corrected chi connectivity index (χ1v) is 13.3. The van der Waals surface area contributed by atoms with Gasteiger partial charge in [0.15, 0.2) is 0 Å². The third-order valence-corrected chi connectivity index (χ3v) is 6.50. The summed E-state index contributed by atoms with van der Waals surface area (Å²) < 4.78 is 0. The van der Waals surface area contributed by atoms with Crippen LogP contribution in [0.25, 0.3) is 0 Å². The van der Waals surface area contributed by atoms with Gasteiger partial charge in [-0.25, -0.2) is 4.79 Å². The number of aliphatic hydroxyl groups is 1. The van der Waals surface area contributed by atoms with E-state index in [1.807, 2.05) is 50.2 Å². The predicted octanol–water partition coefficient (Wildman–Crippen LogP) is 4.21. The minimum absolute atomic E-state index is 0.0199. The van der Waals surface area contributed by atoms with Gasteiger partial charge in [0.05, 0.1) is 18.2 Å². The Hall–Kier alpha value is -3.88. The molecule has 0 aliphatic carbocycles. The molecular formula is C31H40N4O4. The Morgan fingerprint density at radius 3 is 2.38 bits per heavy atom. The number of amides is 3. The average molecular weight is 533 g/mol. The highest BCUT2D eigenvalue weighted by molar-refractivity contribution is 5.89. The maximum atomic E-state index is 12.5. The molecule has 8 nitrogen and oxygen atoms in total. The van der Waals surface area contributed by atoms with Crippen LogP contribution in [0.5, 0.6) is 5.75 Å². The van der Waals surface area contributed by atoms with Crippen molar-refractivity contribution in [3.8, 4) is 5.75 Å². The van der Waals surface area contributed by atoms with E-state index in [0.717, 1.165) is 30.4 Å². The van der Waals surface area contributed by atoms with Crippen LogP contribution >= 0.6 is 0 Å². The number of β-amino-alcohol motifs (C(OH)–C–C–N with tert-alkyl or cyclic N) is 1. The number of anilines is 1. The Morgan fingerprint density at radius 2 is 1.64 bits per heavy atom. The topological polar surface area (TPSA) is 137 Å². The second kappa shape index (κ2) is 14.3. The fraction of sp³-hybridized carbons (Fsp3) is 0.355. The van der Waals surface area contributed by atoms with Crippen LogP contribution in [0, 0.1) is 0 Å². The normalized spacial score (nSPS) is 12.1. The first-order valence-electron chi connectivity index (χ1n) is 13.3. The molecule has 0 unspecified atom stereocenters. The van der Waals surface area contributed by atoms with Gasteiger partial charge < -0.3 is 31.9 Å². The molecule has 3 rings (SSSR count). The van der Waals surface area contributed by atoms with Crippen molar-refractivity contribution >= 4 is 17.6 Å². The van der Waals surface area contributed by atoms with Crippen LogP contribution in [-0.4, -0.2) is 40.8 Å². The zero-order chi connectivity index (χ0) is 28.3. The number of phenolic OH excluding ortho intramolecular Hbond substituents is 1. The second-order valence-corrected chi connectivity index (χ2v) is 10.5. The molecule has 0 aliphatic rings. The number of phenols is 1. The van der Waals surface area contributed by atoms with Crippen LogP contribution in [0.15, 0.2) is 72.8 Å². The first-order chi connectivity index (χ1) is 18.6. The van der Waals surface area contributed by atoms with Gasteiger partial charge in [-0.2, -0.15) is 0 Å². The molecule has 39 heavy (non-hydrogen) atoms. The highest BCUT2D eigenvalue weighted by Crippen LogP contribution is 2.27. The minimum atomic E-state index is -0.860. The smallest absolute Gasteiger partial charge is 0.316 e. The SMILES string of the molecule is CC(C)(Cc1cccc(CC(=O)NCCCCc2ccccc2)c1)NC[C@H](O)c1ccc(O)c(NC(N)=O)c1. The van der Waals surface area contributed by atoms with Gasteiger partial charge in [-0.1, -0.05) is 60.7 Å². The van der Waals surface area contributed by atoms with Gasteiger partial charge in [0, 0.05) is 18.6 Å². The first kappa shape index (κ1) is 29.7. The number of nitrogens with two attached hydrogens (primary N) is 1. The Balaban J connectivity index is 1.44. The number of hydrogen-bond donors (Lipinski definition) is 6. The molecule has 3 aromatic rings. The molecule has 0 fully saturated rings. The molecule has 0 saturated carbocycles. The monoisotopic (exact) mass is 532 g/mol. The van der Waals surface area contributed by atoms with E-state index in [1.165, 1.54) is 17.7 Å². The number of rotatable bonds is 14. The summed E-state index contributed by atoms with van der Waals surface area (Å²) in [6, 6.07) is 22.1. The molecule has 0 saturated heterocycles. The third kappa shape index (κ3) is 10.4. The molecule has 3 aromatic carbocycles. The van der Waals surface area contributed by atoms with E-state index in [4.69, 9.17) is 5.73 Å². The number of aryl methyl sites for hydroxylation is 1. The lowest BCUT2D eigenvalue weighted by Crippen LogP contribution is -2.43. The van der Waals surface area contributed by atoms with Gasteiger partial charge in [0.1, 0.15) is 5.75 Å². The van der Waals surface area contributed by atoms with Gasteiger partial charge in [0.2, 0.25) is 5.91 Å². The van der Waals surface area contributed by atoms with Crippen molar-refractivity contribution in [3.05, 3.63) is 95.1 Å². The molecule has 0 radical (unpaired) electrons. The lowest BCUT2D eigenvalue weighted by atomic mass is 9.93. The van der Waals surface area contributed by atoms with Crippen molar-refractivity contribution in [3.63, 3.8) is 0 Å². The van der Waals surface area contributed by atoms with Crippen molar-refractivity contribution in [1.82, 2.24) is 10.6 Å². The largest absolute Gasteiger partial charge is 0.506 e. The van der Waals surface area contributed by atoms with E-state index in [9.17, 15) is 19.8 Å². The second-order valence-electron chi connectivity index (χ2n) is 10.5. The molecule has 0 aromatic heterocycles. The van der Waals surface area contributed by atoms with Crippen LogP contribution in [0.3, 0.4) is 0 Å². The minimum Gasteiger partial charge on any atom is -0.506 e. The molecule has 0 bridgehead atoms. The maximum Gasteiger partial charge on any atom is 0.316 e. The van der Waals surface area contributed by atoms with Gasteiger partial charge in [0.25, 0.3) is 0 Å². The molecule has 0 spiro atoms. The fourth-order valence-electron chi connectivity index (χ4n) is 4.48. The van der Waals surface area contributed by atoms with Crippen LogP contribution in [-0.2, 0) is 24.1 Å². The Bertz CT molecular complexity index is 1230. The average Bonchev–Trinajstić information content (AvgIpc) is 2.88. The van der Waals surface area contributed by atoms with E-state index in [0.29, 0.717) is 24.9 Å². The molecule has 1 atom stereocenters. The highest BCUT2D eigenvalue weighted by atomic mass is 16.3. The number of aliphatic hydroxyl groups excluding tert-OH is 1. The van der Waals surface area contributed by atoms with Gasteiger partial charge in [-0.05, 0) is 73.9 Å². The van der Waals surface area contributed by atoms with Crippen LogP contribution in [0.4, 0.5) is 10.5 Å². The molecule has 7 N–H and O–H groups in total. The summed E-state index contributed by atoms with van der Waals surface area (Å²) in [7, 11) is 0. The van der Waals surface area contributed by atoms with Gasteiger partial charge in [-0.15, -0.1) is 0 Å². The number of primary amides is 1. The number of urea groups is 1. The number of hydrogen-bond acceptors (Lipinski definition) is 5. The van der Waals surface area contributed by atoms with Crippen molar-refractivity contribution in [2.45, 2.75) is 57.6 Å². The number of unbranched alkanes of at least 4 members (excludes halogenated alkanes) is 1. The van der Waals surface area contributed by atoms with E-state index < -0.39 is 12.1 Å². The molecule has 8 heteroatoms. The summed E-state index contributed by atoms with van der Waals surface area (Å²) in [5.74, 6) is -0.110.